The van der Waals surface area contributed by atoms with Gasteiger partial charge in [0.1, 0.15) is 24.7 Å². The summed E-state index contributed by atoms with van der Waals surface area (Å²) in [7, 11) is 0. The minimum atomic E-state index is -0.883. The Labute approximate surface area is 168 Å². The monoisotopic (exact) mass is 393 g/mol. The standard InChI is InChI=1S/C22H23N3O4/c1-22(21(27)28)11-12-24(15-22)20(26)13-25-18-10-6-5-9-17(18)23-19(25)14-29-16-7-3-2-4-8-16/h2-10H,11-15H2,1H3,(H,27,28). The number of para-hydroxylation sites is 3. The number of carboxylic acid groups (broad SMARTS) is 1. The van der Waals surface area contributed by atoms with Gasteiger partial charge in [-0.2, -0.15) is 0 Å². The molecule has 4 rings (SSSR count). The van der Waals surface area contributed by atoms with Gasteiger partial charge in [-0.25, -0.2) is 4.98 Å². The van der Waals surface area contributed by atoms with Gasteiger partial charge in [0, 0.05) is 13.1 Å². The lowest BCUT2D eigenvalue weighted by molar-refractivity contribution is -0.147. The molecular weight excluding hydrogens is 370 g/mol. The van der Waals surface area contributed by atoms with Gasteiger partial charge < -0.3 is 19.3 Å². The normalized spacial score (nSPS) is 18.9. The van der Waals surface area contributed by atoms with Crippen LogP contribution in [0.15, 0.2) is 54.6 Å². The fourth-order valence-electron chi connectivity index (χ4n) is 3.66. The molecule has 7 heteroatoms. The SMILES string of the molecule is CC1(C(=O)O)CCN(C(=O)Cn2c(COc3ccccc3)nc3ccccc32)C1. The Hall–Kier alpha value is -3.35. The Kier molecular flexibility index (Phi) is 4.96. The number of rotatable bonds is 6. The van der Waals surface area contributed by atoms with Gasteiger partial charge >= 0.3 is 5.97 Å². The zero-order chi connectivity index (χ0) is 20.4. The summed E-state index contributed by atoms with van der Waals surface area (Å²) in [5, 5.41) is 9.42. The number of benzene rings is 2. The average molecular weight is 393 g/mol. The van der Waals surface area contributed by atoms with Crippen molar-refractivity contribution < 1.29 is 19.4 Å². The van der Waals surface area contributed by atoms with Crippen LogP contribution in [-0.4, -0.2) is 44.5 Å². The quantitative estimate of drug-likeness (QED) is 0.696. The average Bonchev–Trinajstić information content (AvgIpc) is 3.29. The Morgan fingerprint density at radius 2 is 1.86 bits per heavy atom. The largest absolute Gasteiger partial charge is 0.486 e. The third-order valence-electron chi connectivity index (χ3n) is 5.48. The molecular formula is C22H23N3O4. The van der Waals surface area contributed by atoms with Crippen LogP contribution in [0.2, 0.25) is 0 Å². The molecule has 2 aromatic carbocycles. The van der Waals surface area contributed by atoms with Crippen molar-refractivity contribution in [2.45, 2.75) is 26.5 Å². The molecule has 3 aromatic rings. The molecule has 0 radical (unpaired) electrons. The molecule has 7 nitrogen and oxygen atoms in total. The third-order valence-corrected chi connectivity index (χ3v) is 5.48. The molecule has 1 aromatic heterocycles. The summed E-state index contributed by atoms with van der Waals surface area (Å²) in [5.74, 6) is 0.412. The second kappa shape index (κ2) is 7.58. The maximum atomic E-state index is 12.9. The van der Waals surface area contributed by atoms with Crippen LogP contribution in [0, 0.1) is 5.41 Å². The van der Waals surface area contributed by atoms with E-state index in [1.807, 2.05) is 59.2 Å². The molecule has 0 aliphatic carbocycles. The molecule has 1 saturated heterocycles. The van der Waals surface area contributed by atoms with E-state index in [-0.39, 0.29) is 25.6 Å². The summed E-state index contributed by atoms with van der Waals surface area (Å²) in [4.78, 5) is 30.7. The van der Waals surface area contributed by atoms with Gasteiger partial charge in [-0.05, 0) is 37.6 Å². The van der Waals surface area contributed by atoms with Crippen molar-refractivity contribution in [1.29, 1.82) is 0 Å². The number of ether oxygens (including phenoxy) is 1. The fourth-order valence-corrected chi connectivity index (χ4v) is 3.66. The van der Waals surface area contributed by atoms with Crippen molar-refractivity contribution in [3.05, 3.63) is 60.4 Å². The summed E-state index contributed by atoms with van der Waals surface area (Å²) >= 11 is 0. The number of nitrogens with zero attached hydrogens (tertiary/aromatic N) is 3. The van der Waals surface area contributed by atoms with Gasteiger partial charge in [0.15, 0.2) is 0 Å². The van der Waals surface area contributed by atoms with Crippen LogP contribution in [0.3, 0.4) is 0 Å². The number of carbonyl (C=O) groups excluding carboxylic acids is 1. The number of fused-ring (bicyclic) bond motifs is 1. The van der Waals surface area contributed by atoms with Crippen molar-refractivity contribution in [1.82, 2.24) is 14.5 Å². The molecule has 0 bridgehead atoms. The molecule has 1 atom stereocenters. The van der Waals surface area contributed by atoms with E-state index in [2.05, 4.69) is 4.98 Å². The first-order valence-electron chi connectivity index (χ1n) is 9.59. The van der Waals surface area contributed by atoms with Gasteiger partial charge in [-0.15, -0.1) is 0 Å². The first-order chi connectivity index (χ1) is 14.0. The highest BCUT2D eigenvalue weighted by molar-refractivity contribution is 5.83. The van der Waals surface area contributed by atoms with Crippen LogP contribution in [0.5, 0.6) is 5.75 Å². The van der Waals surface area contributed by atoms with Gasteiger partial charge in [0.05, 0.1) is 16.4 Å². The summed E-state index contributed by atoms with van der Waals surface area (Å²) in [6, 6.07) is 17.1. The van der Waals surface area contributed by atoms with Crippen molar-refractivity contribution >= 4 is 22.9 Å². The van der Waals surface area contributed by atoms with Gasteiger partial charge in [-0.1, -0.05) is 30.3 Å². The predicted octanol–water partition coefficient (Wildman–Crippen LogP) is 2.94. The number of aliphatic carboxylic acids is 1. The number of aromatic nitrogens is 2. The predicted molar refractivity (Wildman–Crippen MR) is 107 cm³/mol. The highest BCUT2D eigenvalue weighted by Crippen LogP contribution is 2.30. The number of carbonyl (C=O) groups is 2. The maximum Gasteiger partial charge on any atom is 0.311 e. The fraction of sp³-hybridized carbons (Fsp3) is 0.318. The zero-order valence-electron chi connectivity index (χ0n) is 16.2. The lowest BCUT2D eigenvalue weighted by atomic mass is 9.90. The van der Waals surface area contributed by atoms with E-state index in [0.29, 0.717) is 18.8 Å². The van der Waals surface area contributed by atoms with E-state index in [1.54, 1.807) is 11.8 Å². The molecule has 2 heterocycles. The lowest BCUT2D eigenvalue weighted by Gasteiger charge is -2.21. The zero-order valence-corrected chi connectivity index (χ0v) is 16.2. The second-order valence-corrected chi connectivity index (χ2v) is 7.64. The molecule has 29 heavy (non-hydrogen) atoms. The number of carboxylic acids is 1. The van der Waals surface area contributed by atoms with E-state index in [0.717, 1.165) is 16.8 Å². The molecule has 1 fully saturated rings. The smallest absolute Gasteiger partial charge is 0.311 e. The number of amides is 1. The molecule has 0 spiro atoms. The molecule has 0 saturated carbocycles. The van der Waals surface area contributed by atoms with Crippen LogP contribution >= 0.6 is 0 Å². The summed E-state index contributed by atoms with van der Waals surface area (Å²) in [6.07, 6.45) is 0.461. The Morgan fingerprint density at radius 1 is 1.14 bits per heavy atom. The first kappa shape index (κ1) is 19.0. The van der Waals surface area contributed by atoms with Crippen LogP contribution in [-0.2, 0) is 22.7 Å². The topological polar surface area (TPSA) is 84.7 Å². The molecule has 1 amide bonds. The van der Waals surface area contributed by atoms with E-state index in [4.69, 9.17) is 4.74 Å². The molecule has 1 aliphatic rings. The molecule has 1 unspecified atom stereocenters. The van der Waals surface area contributed by atoms with Crippen LogP contribution < -0.4 is 4.74 Å². The number of imidazole rings is 1. The Balaban J connectivity index is 1.56. The lowest BCUT2D eigenvalue weighted by Crippen LogP contribution is -2.36. The molecule has 150 valence electrons. The number of likely N-dealkylation sites (tertiary alicyclic amines) is 1. The van der Waals surface area contributed by atoms with Gasteiger partial charge in [0.2, 0.25) is 5.91 Å². The summed E-state index contributed by atoms with van der Waals surface area (Å²) in [6.45, 7) is 2.70. The van der Waals surface area contributed by atoms with E-state index >= 15 is 0 Å². The summed E-state index contributed by atoms with van der Waals surface area (Å²) < 4.78 is 7.71. The minimum Gasteiger partial charge on any atom is -0.486 e. The highest BCUT2D eigenvalue weighted by Gasteiger charge is 2.42. The van der Waals surface area contributed by atoms with Crippen molar-refractivity contribution in [2.24, 2.45) is 5.41 Å². The number of hydrogen-bond acceptors (Lipinski definition) is 4. The Bertz CT molecular complexity index is 1050. The van der Waals surface area contributed by atoms with E-state index < -0.39 is 11.4 Å². The van der Waals surface area contributed by atoms with E-state index in [9.17, 15) is 14.7 Å². The van der Waals surface area contributed by atoms with Crippen molar-refractivity contribution in [2.75, 3.05) is 13.1 Å². The highest BCUT2D eigenvalue weighted by atomic mass is 16.5. The van der Waals surface area contributed by atoms with Crippen LogP contribution in [0.25, 0.3) is 11.0 Å². The second-order valence-electron chi connectivity index (χ2n) is 7.64. The number of hydrogen-bond donors (Lipinski definition) is 1. The van der Waals surface area contributed by atoms with Crippen molar-refractivity contribution in [3.63, 3.8) is 0 Å². The van der Waals surface area contributed by atoms with Crippen LogP contribution in [0.4, 0.5) is 0 Å². The Morgan fingerprint density at radius 3 is 2.59 bits per heavy atom. The minimum absolute atomic E-state index is 0.101. The maximum absolute atomic E-state index is 12.9. The first-order valence-corrected chi connectivity index (χ1v) is 9.59. The van der Waals surface area contributed by atoms with Gasteiger partial charge in [0.25, 0.3) is 0 Å². The molecule has 1 N–H and O–H groups in total. The van der Waals surface area contributed by atoms with Crippen molar-refractivity contribution in [3.8, 4) is 5.75 Å². The van der Waals surface area contributed by atoms with Crippen LogP contribution in [0.1, 0.15) is 19.2 Å². The van der Waals surface area contributed by atoms with Gasteiger partial charge in [-0.3, -0.25) is 9.59 Å². The summed E-state index contributed by atoms with van der Waals surface area (Å²) in [5.41, 5.74) is 0.766. The molecule has 1 aliphatic heterocycles. The third kappa shape index (κ3) is 3.81. The van der Waals surface area contributed by atoms with E-state index in [1.165, 1.54) is 0 Å².